The third kappa shape index (κ3) is 7.10. The highest BCUT2D eigenvalue weighted by atomic mass is 16.6. The van der Waals surface area contributed by atoms with Gasteiger partial charge in [0, 0.05) is 43.5 Å². The molecule has 9 heteroatoms. The van der Waals surface area contributed by atoms with Crippen molar-refractivity contribution in [2.24, 2.45) is 5.92 Å². The van der Waals surface area contributed by atoms with E-state index in [1.54, 1.807) is 6.20 Å². The van der Waals surface area contributed by atoms with Crippen LogP contribution in [0.25, 0.3) is 0 Å². The average Bonchev–Trinajstić information content (AvgIpc) is 3.52. The lowest BCUT2D eigenvalue weighted by Gasteiger charge is -2.32. The topological polar surface area (TPSA) is 108 Å². The van der Waals surface area contributed by atoms with Gasteiger partial charge in [-0.1, -0.05) is 13.8 Å². The number of nitrogens with zero attached hydrogens (tertiary/aromatic N) is 4. The molecule has 0 radical (unpaired) electrons. The number of hydrogen-bond acceptors (Lipinski definition) is 7. The molecule has 2 aromatic rings. The Morgan fingerprint density at radius 1 is 1.19 bits per heavy atom. The molecular formula is C23H37N7O2. The number of carbonyl (C=O) groups excluding carboxylic acids is 1. The Balaban J connectivity index is 0.00000141. The van der Waals surface area contributed by atoms with Crippen molar-refractivity contribution >= 4 is 23.7 Å². The quantitative estimate of drug-likeness (QED) is 0.599. The lowest BCUT2D eigenvalue weighted by molar-refractivity contribution is 0.0516. The molecule has 176 valence electrons. The molecule has 2 fully saturated rings. The Labute approximate surface area is 190 Å². The molecule has 1 saturated carbocycles. The summed E-state index contributed by atoms with van der Waals surface area (Å²) in [7, 11) is 0. The van der Waals surface area contributed by atoms with E-state index in [0.29, 0.717) is 18.4 Å². The number of aromatic nitrogens is 4. The van der Waals surface area contributed by atoms with Crippen LogP contribution in [-0.4, -0.2) is 51.5 Å². The van der Waals surface area contributed by atoms with E-state index >= 15 is 0 Å². The second kappa shape index (κ2) is 10.7. The summed E-state index contributed by atoms with van der Waals surface area (Å²) >= 11 is 0. The molecule has 0 atom stereocenters. The smallest absolute Gasteiger partial charge is 0.407 e. The summed E-state index contributed by atoms with van der Waals surface area (Å²) in [6.45, 7) is 12.0. The number of H-pyrrole nitrogens is 1. The molecule has 4 rings (SSSR count). The second-order valence-electron chi connectivity index (χ2n) is 9.16. The van der Waals surface area contributed by atoms with Gasteiger partial charge in [-0.25, -0.2) is 9.78 Å². The minimum absolute atomic E-state index is 0.352. The van der Waals surface area contributed by atoms with Gasteiger partial charge in [0.25, 0.3) is 0 Å². The van der Waals surface area contributed by atoms with E-state index in [1.807, 2.05) is 40.7 Å². The second-order valence-corrected chi connectivity index (χ2v) is 9.16. The van der Waals surface area contributed by atoms with Crippen molar-refractivity contribution in [2.75, 3.05) is 29.9 Å². The van der Waals surface area contributed by atoms with Gasteiger partial charge in [-0.2, -0.15) is 10.1 Å². The largest absolute Gasteiger partial charge is 0.444 e. The Kier molecular flexibility index (Phi) is 7.93. The zero-order valence-electron chi connectivity index (χ0n) is 19.9. The highest BCUT2D eigenvalue weighted by molar-refractivity contribution is 5.67. The minimum Gasteiger partial charge on any atom is -0.444 e. The van der Waals surface area contributed by atoms with Crippen LogP contribution in [0.1, 0.15) is 71.9 Å². The highest BCUT2D eigenvalue weighted by Crippen LogP contribution is 2.39. The van der Waals surface area contributed by atoms with E-state index in [1.165, 1.54) is 18.5 Å². The van der Waals surface area contributed by atoms with Crippen molar-refractivity contribution in [3.63, 3.8) is 0 Å². The van der Waals surface area contributed by atoms with E-state index < -0.39 is 5.60 Å². The zero-order chi connectivity index (χ0) is 23.1. The summed E-state index contributed by atoms with van der Waals surface area (Å²) in [4.78, 5) is 23.1. The van der Waals surface area contributed by atoms with Gasteiger partial charge in [0.2, 0.25) is 5.95 Å². The fraction of sp³-hybridized carbons (Fsp3) is 0.652. The van der Waals surface area contributed by atoms with Gasteiger partial charge < -0.3 is 20.3 Å². The van der Waals surface area contributed by atoms with Crippen LogP contribution in [0.3, 0.4) is 0 Å². The number of aromatic amines is 1. The summed E-state index contributed by atoms with van der Waals surface area (Å²) < 4.78 is 5.30. The van der Waals surface area contributed by atoms with Gasteiger partial charge in [-0.15, -0.1) is 0 Å². The fourth-order valence-corrected chi connectivity index (χ4v) is 3.58. The van der Waals surface area contributed by atoms with E-state index in [-0.39, 0.29) is 6.09 Å². The van der Waals surface area contributed by atoms with E-state index in [2.05, 4.69) is 41.8 Å². The van der Waals surface area contributed by atoms with Crippen molar-refractivity contribution in [1.29, 1.82) is 0 Å². The monoisotopic (exact) mass is 443 g/mol. The van der Waals surface area contributed by atoms with Crippen molar-refractivity contribution < 1.29 is 9.53 Å². The van der Waals surface area contributed by atoms with Crippen molar-refractivity contribution in [1.82, 2.24) is 25.5 Å². The molecule has 32 heavy (non-hydrogen) atoms. The van der Waals surface area contributed by atoms with Gasteiger partial charge in [0.1, 0.15) is 11.4 Å². The highest BCUT2D eigenvalue weighted by Gasteiger charge is 2.26. The molecule has 1 amide bonds. The normalized spacial score (nSPS) is 16.7. The molecular weight excluding hydrogens is 406 g/mol. The molecule has 0 bridgehead atoms. The maximum Gasteiger partial charge on any atom is 0.407 e. The Bertz CT molecular complexity index is 865. The van der Waals surface area contributed by atoms with E-state index in [4.69, 9.17) is 4.74 Å². The van der Waals surface area contributed by atoms with Gasteiger partial charge in [-0.3, -0.25) is 5.10 Å². The summed E-state index contributed by atoms with van der Waals surface area (Å²) in [6, 6.07) is 3.91. The maximum absolute atomic E-state index is 11.8. The first-order chi connectivity index (χ1) is 15.4. The maximum atomic E-state index is 11.8. The van der Waals surface area contributed by atoms with E-state index in [0.717, 1.165) is 43.5 Å². The first kappa shape index (κ1) is 23.8. The number of anilines is 3. The number of carbonyl (C=O) groups is 1. The molecule has 0 spiro atoms. The summed E-state index contributed by atoms with van der Waals surface area (Å²) in [6.07, 6.45) is 5.85. The summed E-state index contributed by atoms with van der Waals surface area (Å²) in [5.41, 5.74) is 0.716. The van der Waals surface area contributed by atoms with Gasteiger partial charge in [0.05, 0.1) is 0 Å². The van der Waals surface area contributed by atoms with E-state index in [9.17, 15) is 4.79 Å². The molecule has 0 aromatic carbocycles. The molecule has 0 unspecified atom stereocenters. The van der Waals surface area contributed by atoms with Crippen LogP contribution < -0.4 is 15.5 Å². The molecule has 2 aromatic heterocycles. The van der Waals surface area contributed by atoms with Gasteiger partial charge >= 0.3 is 6.09 Å². The molecule has 2 aliphatic rings. The predicted molar refractivity (Wildman–Crippen MR) is 126 cm³/mol. The number of alkyl carbamates (subject to hydrolysis) is 1. The van der Waals surface area contributed by atoms with Crippen LogP contribution in [0.5, 0.6) is 0 Å². The first-order valence-electron chi connectivity index (χ1n) is 11.7. The molecule has 1 saturated heterocycles. The Morgan fingerprint density at radius 3 is 2.56 bits per heavy atom. The minimum atomic E-state index is -0.473. The molecule has 1 aliphatic heterocycles. The predicted octanol–water partition coefficient (Wildman–Crippen LogP) is 4.59. The van der Waals surface area contributed by atoms with Crippen LogP contribution in [0, 0.1) is 5.92 Å². The standard InChI is InChI=1S/C21H31N7O2.C2H6/c1-21(2,3)30-20(29)23-13-14-7-10-28(11-8-14)19-22-9-6-17(25-19)24-18-12-16(26-27-18)15-4-5-15;1-2/h6,9,12,14-15H,4-5,7-8,10-11,13H2,1-3H3,(H,23,29)(H2,22,24,25,26,27);1-2H3. The van der Waals surface area contributed by atoms with Crippen LogP contribution in [0.2, 0.25) is 0 Å². The molecule has 3 heterocycles. The van der Waals surface area contributed by atoms with Crippen LogP contribution in [0.4, 0.5) is 22.4 Å². The van der Waals surface area contributed by atoms with Crippen LogP contribution in [-0.2, 0) is 4.74 Å². The number of amides is 1. The van der Waals surface area contributed by atoms with Gasteiger partial charge in [-0.05, 0) is 58.4 Å². The van der Waals surface area contributed by atoms with Gasteiger partial charge in [0.15, 0.2) is 5.82 Å². The Morgan fingerprint density at radius 2 is 1.91 bits per heavy atom. The van der Waals surface area contributed by atoms with Crippen LogP contribution >= 0.6 is 0 Å². The third-order valence-corrected chi connectivity index (χ3v) is 5.35. The number of piperidine rings is 1. The number of nitrogens with one attached hydrogen (secondary N) is 3. The lowest BCUT2D eigenvalue weighted by Crippen LogP contribution is -2.40. The molecule has 1 aliphatic carbocycles. The first-order valence-corrected chi connectivity index (χ1v) is 11.7. The van der Waals surface area contributed by atoms with Crippen molar-refractivity contribution in [2.45, 2.75) is 71.8 Å². The fourth-order valence-electron chi connectivity index (χ4n) is 3.58. The average molecular weight is 444 g/mol. The van der Waals surface area contributed by atoms with Crippen LogP contribution in [0.15, 0.2) is 18.3 Å². The number of rotatable bonds is 6. The zero-order valence-corrected chi connectivity index (χ0v) is 19.9. The van der Waals surface area contributed by atoms with Crippen molar-refractivity contribution in [3.8, 4) is 0 Å². The van der Waals surface area contributed by atoms with Crippen molar-refractivity contribution in [3.05, 3.63) is 24.0 Å². The Hall–Kier alpha value is -2.84. The summed E-state index contributed by atoms with van der Waals surface area (Å²) in [5, 5.41) is 13.6. The lowest BCUT2D eigenvalue weighted by atomic mass is 9.97. The summed E-state index contributed by atoms with van der Waals surface area (Å²) in [5.74, 6) is 3.31. The molecule has 3 N–H and O–H groups in total. The third-order valence-electron chi connectivity index (χ3n) is 5.35. The number of ether oxygens (including phenoxy) is 1. The SMILES string of the molecule is CC.CC(C)(C)OC(=O)NCC1CCN(c2nccc(Nc3cc(C4CC4)[nH]n3)n2)CC1. The number of hydrogen-bond donors (Lipinski definition) is 3. The molecule has 9 nitrogen and oxygen atoms in total.